The van der Waals surface area contributed by atoms with Crippen molar-refractivity contribution in [3.63, 3.8) is 0 Å². The lowest BCUT2D eigenvalue weighted by Crippen LogP contribution is -2.44. The number of carbonyl (C=O) groups excluding carboxylic acids is 1. The molecule has 1 heterocycles. The molecule has 0 spiro atoms. The van der Waals surface area contributed by atoms with Crippen LogP contribution in [0.25, 0.3) is 0 Å². The first-order chi connectivity index (χ1) is 8.59. The molecule has 1 aliphatic carbocycles. The molecule has 2 rings (SSSR count). The van der Waals surface area contributed by atoms with E-state index < -0.39 is 5.97 Å². The molecule has 0 aliphatic heterocycles. The zero-order chi connectivity index (χ0) is 13.2. The molecule has 98 valence electrons. The topological polar surface area (TPSA) is 77.2 Å². The van der Waals surface area contributed by atoms with E-state index in [1.807, 2.05) is 6.07 Å². The quantitative estimate of drug-likeness (QED) is 0.771. The van der Waals surface area contributed by atoms with Crippen molar-refractivity contribution < 1.29 is 9.53 Å². The molecule has 0 bridgehead atoms. The van der Waals surface area contributed by atoms with Gasteiger partial charge in [-0.05, 0) is 37.8 Å². The van der Waals surface area contributed by atoms with Crippen LogP contribution in [0.4, 0.5) is 5.69 Å². The molecule has 1 aliphatic rings. The van der Waals surface area contributed by atoms with Gasteiger partial charge in [-0.25, -0.2) is 9.78 Å². The molecule has 1 aromatic heterocycles. The van der Waals surface area contributed by atoms with Gasteiger partial charge in [0, 0.05) is 24.0 Å². The van der Waals surface area contributed by atoms with Gasteiger partial charge in [0.15, 0.2) is 0 Å². The summed E-state index contributed by atoms with van der Waals surface area (Å²) in [7, 11) is 1.35. The van der Waals surface area contributed by atoms with Gasteiger partial charge in [0.2, 0.25) is 0 Å². The van der Waals surface area contributed by atoms with Crippen LogP contribution in [-0.4, -0.2) is 30.1 Å². The molecule has 0 saturated heterocycles. The maximum absolute atomic E-state index is 11.4. The van der Waals surface area contributed by atoms with Crippen LogP contribution in [0, 0.1) is 5.92 Å². The van der Waals surface area contributed by atoms with E-state index in [2.05, 4.69) is 22.0 Å². The van der Waals surface area contributed by atoms with Crippen LogP contribution in [0.3, 0.4) is 0 Å². The van der Waals surface area contributed by atoms with Gasteiger partial charge in [-0.3, -0.25) is 0 Å². The average Bonchev–Trinajstić information content (AvgIpc) is 3.22. The van der Waals surface area contributed by atoms with Crippen LogP contribution >= 0.6 is 0 Å². The Morgan fingerprint density at radius 1 is 1.67 bits per heavy atom. The molecular weight excluding hydrogens is 230 g/mol. The fraction of sp³-hybridized carbons (Fsp3) is 0.538. The second kappa shape index (κ2) is 4.94. The maximum atomic E-state index is 11.4. The second-order valence-corrected chi connectivity index (χ2v) is 4.94. The molecule has 0 radical (unpaired) electrons. The molecule has 3 N–H and O–H groups in total. The molecule has 1 saturated carbocycles. The summed E-state index contributed by atoms with van der Waals surface area (Å²) < 4.78 is 4.65. The second-order valence-electron chi connectivity index (χ2n) is 4.94. The summed E-state index contributed by atoms with van der Waals surface area (Å²) in [6.07, 6.45) is 4.00. The number of carbonyl (C=O) groups is 1. The monoisotopic (exact) mass is 249 g/mol. The Bertz CT molecular complexity index is 446. The summed E-state index contributed by atoms with van der Waals surface area (Å²) >= 11 is 0. The number of nitrogens with one attached hydrogen (secondary N) is 1. The molecule has 1 atom stereocenters. The third kappa shape index (κ3) is 2.61. The number of nitrogens with two attached hydrogens (primary N) is 1. The minimum absolute atomic E-state index is 0.116. The van der Waals surface area contributed by atoms with Crippen molar-refractivity contribution in [3.8, 4) is 0 Å². The van der Waals surface area contributed by atoms with Crippen LogP contribution in [0.5, 0.6) is 0 Å². The van der Waals surface area contributed by atoms with Crippen molar-refractivity contribution in [1.82, 2.24) is 4.98 Å². The number of anilines is 1. The molecule has 1 unspecified atom stereocenters. The molecule has 1 fully saturated rings. The van der Waals surface area contributed by atoms with Gasteiger partial charge >= 0.3 is 5.97 Å². The molecule has 18 heavy (non-hydrogen) atoms. The lowest BCUT2D eigenvalue weighted by atomic mass is 9.95. The van der Waals surface area contributed by atoms with E-state index in [1.165, 1.54) is 20.0 Å². The predicted molar refractivity (Wildman–Crippen MR) is 69.4 cm³/mol. The number of rotatable bonds is 5. The van der Waals surface area contributed by atoms with Gasteiger partial charge in [-0.15, -0.1) is 0 Å². The smallest absolute Gasteiger partial charge is 0.356 e. The molecule has 1 aromatic rings. The van der Waals surface area contributed by atoms with Crippen molar-refractivity contribution >= 4 is 11.7 Å². The van der Waals surface area contributed by atoms with Gasteiger partial charge in [-0.1, -0.05) is 0 Å². The Morgan fingerprint density at radius 2 is 2.39 bits per heavy atom. The molecule has 0 amide bonds. The summed E-state index contributed by atoms with van der Waals surface area (Å²) in [4.78, 5) is 15.4. The molecular formula is C13H19N3O2. The minimum atomic E-state index is -0.431. The largest absolute Gasteiger partial charge is 0.464 e. The Morgan fingerprint density at radius 3 is 2.94 bits per heavy atom. The van der Waals surface area contributed by atoms with Gasteiger partial charge in [0.25, 0.3) is 0 Å². The third-order valence-corrected chi connectivity index (χ3v) is 3.49. The first-order valence-electron chi connectivity index (χ1n) is 6.11. The maximum Gasteiger partial charge on any atom is 0.356 e. The van der Waals surface area contributed by atoms with E-state index in [0.717, 1.165) is 5.69 Å². The number of nitrogens with zero attached hydrogens (tertiary/aromatic N) is 1. The summed E-state index contributed by atoms with van der Waals surface area (Å²) in [5, 5.41) is 3.41. The van der Waals surface area contributed by atoms with Gasteiger partial charge in [0.05, 0.1) is 7.11 Å². The van der Waals surface area contributed by atoms with Crippen molar-refractivity contribution in [2.75, 3.05) is 19.0 Å². The Kier molecular flexibility index (Phi) is 3.52. The highest BCUT2D eigenvalue weighted by molar-refractivity contribution is 5.88. The Labute approximate surface area is 107 Å². The van der Waals surface area contributed by atoms with Crippen LogP contribution in [0.1, 0.15) is 30.3 Å². The number of methoxy groups -OCH3 is 1. The zero-order valence-electron chi connectivity index (χ0n) is 10.8. The number of hydrogen-bond donors (Lipinski definition) is 2. The fourth-order valence-corrected chi connectivity index (χ4v) is 2.09. The van der Waals surface area contributed by atoms with Gasteiger partial charge in [-0.2, -0.15) is 0 Å². The summed E-state index contributed by atoms with van der Waals surface area (Å²) in [6.45, 7) is 2.68. The van der Waals surface area contributed by atoms with E-state index in [0.29, 0.717) is 18.2 Å². The first-order valence-corrected chi connectivity index (χ1v) is 6.11. The standard InChI is InChI=1S/C13H19N3O2/c1-13(8-14,9-3-4-9)16-10-5-6-15-11(7-10)12(17)18-2/h5-7,9H,3-4,8,14H2,1-2H3,(H,15,16). The number of pyridine rings is 1. The summed E-state index contributed by atoms with van der Waals surface area (Å²) in [6, 6.07) is 3.53. The van der Waals surface area contributed by atoms with E-state index in [1.54, 1.807) is 12.3 Å². The predicted octanol–water partition coefficient (Wildman–Crippen LogP) is 1.41. The normalized spacial score (nSPS) is 17.9. The van der Waals surface area contributed by atoms with Crippen LogP contribution in [0.15, 0.2) is 18.3 Å². The van der Waals surface area contributed by atoms with E-state index in [9.17, 15) is 4.79 Å². The fourth-order valence-electron chi connectivity index (χ4n) is 2.09. The Balaban J connectivity index is 2.16. The van der Waals surface area contributed by atoms with Crippen molar-refractivity contribution in [3.05, 3.63) is 24.0 Å². The Hall–Kier alpha value is -1.62. The SMILES string of the molecule is COC(=O)c1cc(NC(C)(CN)C2CC2)ccn1. The number of ether oxygens (including phenoxy) is 1. The van der Waals surface area contributed by atoms with E-state index >= 15 is 0 Å². The van der Waals surface area contributed by atoms with Crippen LogP contribution in [-0.2, 0) is 4.74 Å². The molecule has 5 nitrogen and oxygen atoms in total. The highest BCUT2D eigenvalue weighted by atomic mass is 16.5. The lowest BCUT2D eigenvalue weighted by Gasteiger charge is -2.30. The average molecular weight is 249 g/mol. The van der Waals surface area contributed by atoms with Gasteiger partial charge in [0.1, 0.15) is 5.69 Å². The summed E-state index contributed by atoms with van der Waals surface area (Å²) in [5.41, 5.74) is 6.89. The minimum Gasteiger partial charge on any atom is -0.464 e. The number of aromatic nitrogens is 1. The van der Waals surface area contributed by atoms with Gasteiger partial charge < -0.3 is 15.8 Å². The van der Waals surface area contributed by atoms with E-state index in [4.69, 9.17) is 5.73 Å². The third-order valence-electron chi connectivity index (χ3n) is 3.49. The zero-order valence-corrected chi connectivity index (χ0v) is 10.8. The van der Waals surface area contributed by atoms with Crippen molar-refractivity contribution in [2.45, 2.75) is 25.3 Å². The highest BCUT2D eigenvalue weighted by Crippen LogP contribution is 2.40. The molecule has 5 heteroatoms. The van der Waals surface area contributed by atoms with Crippen molar-refractivity contribution in [1.29, 1.82) is 0 Å². The molecule has 0 aromatic carbocycles. The number of hydrogen-bond acceptors (Lipinski definition) is 5. The van der Waals surface area contributed by atoms with E-state index in [-0.39, 0.29) is 5.54 Å². The summed E-state index contributed by atoms with van der Waals surface area (Å²) in [5.74, 6) is 0.178. The highest BCUT2D eigenvalue weighted by Gasteiger charge is 2.40. The number of esters is 1. The lowest BCUT2D eigenvalue weighted by molar-refractivity contribution is 0.0594. The first kappa shape index (κ1) is 12.8. The van der Waals surface area contributed by atoms with Crippen LogP contribution in [0.2, 0.25) is 0 Å². The van der Waals surface area contributed by atoms with Crippen molar-refractivity contribution in [2.24, 2.45) is 11.7 Å². The van der Waals surface area contributed by atoms with Crippen LogP contribution < -0.4 is 11.1 Å².